The summed E-state index contributed by atoms with van der Waals surface area (Å²) < 4.78 is 0. The molecule has 1 fully saturated rings. The van der Waals surface area contributed by atoms with Crippen LogP contribution in [0.2, 0.25) is 0 Å². The number of hydrogen-bond acceptors (Lipinski definition) is 2. The highest BCUT2D eigenvalue weighted by Crippen LogP contribution is 2.24. The molecule has 1 aromatic carbocycles. The highest BCUT2D eigenvalue weighted by Gasteiger charge is 2.27. The maximum Gasteiger partial charge on any atom is 0.0758 e. The van der Waals surface area contributed by atoms with E-state index in [9.17, 15) is 5.11 Å². The number of rotatable bonds is 3. The van der Waals surface area contributed by atoms with E-state index in [1.807, 2.05) is 18.2 Å². The van der Waals surface area contributed by atoms with Crippen LogP contribution in [0, 0.1) is 0 Å². The molecule has 0 bridgehead atoms. The van der Waals surface area contributed by atoms with Gasteiger partial charge in [-0.05, 0) is 24.9 Å². The van der Waals surface area contributed by atoms with Gasteiger partial charge < -0.3 is 10.4 Å². The summed E-state index contributed by atoms with van der Waals surface area (Å²) in [5.74, 6) is 0.210. The van der Waals surface area contributed by atoms with Crippen molar-refractivity contribution in [2.75, 3.05) is 6.54 Å². The Morgan fingerprint density at radius 2 is 2.07 bits per heavy atom. The van der Waals surface area contributed by atoms with Crippen molar-refractivity contribution in [3.05, 3.63) is 35.9 Å². The summed E-state index contributed by atoms with van der Waals surface area (Å²) in [5, 5.41) is 13.6. The Morgan fingerprint density at radius 3 is 2.67 bits per heavy atom. The van der Waals surface area contributed by atoms with Gasteiger partial charge in [-0.1, -0.05) is 37.3 Å². The molecule has 1 aliphatic rings. The third-order valence-electron chi connectivity index (χ3n) is 3.35. The van der Waals surface area contributed by atoms with Gasteiger partial charge in [-0.15, -0.1) is 0 Å². The molecule has 1 aromatic rings. The summed E-state index contributed by atoms with van der Waals surface area (Å²) in [7, 11) is 0. The smallest absolute Gasteiger partial charge is 0.0758 e. The topological polar surface area (TPSA) is 32.3 Å². The fraction of sp³-hybridized carbons (Fsp3) is 0.538. The average Bonchev–Trinajstić information content (AvgIpc) is 2.82. The van der Waals surface area contributed by atoms with E-state index >= 15 is 0 Å². The van der Waals surface area contributed by atoms with Gasteiger partial charge in [0, 0.05) is 12.0 Å². The zero-order valence-corrected chi connectivity index (χ0v) is 9.19. The monoisotopic (exact) mass is 205 g/mol. The van der Waals surface area contributed by atoms with Crippen molar-refractivity contribution in [2.45, 2.75) is 37.8 Å². The molecule has 82 valence electrons. The molecule has 0 spiro atoms. The van der Waals surface area contributed by atoms with Crippen molar-refractivity contribution in [1.82, 2.24) is 5.32 Å². The Hall–Kier alpha value is -0.860. The Balaban J connectivity index is 2.03. The van der Waals surface area contributed by atoms with E-state index < -0.39 is 0 Å². The minimum Gasteiger partial charge on any atom is -0.391 e. The number of aliphatic hydroxyl groups excluding tert-OH is 1. The van der Waals surface area contributed by atoms with E-state index in [0.29, 0.717) is 0 Å². The maximum absolute atomic E-state index is 10.2. The van der Waals surface area contributed by atoms with Gasteiger partial charge >= 0.3 is 0 Å². The van der Waals surface area contributed by atoms with Crippen LogP contribution in [-0.2, 0) is 0 Å². The second kappa shape index (κ2) is 4.77. The standard InChI is InChI=1S/C13H19NO/c1-10(11-6-3-2-4-7-11)13(15)12-8-5-9-14-12/h2-4,6-7,10,12-15H,5,8-9H2,1H3/t10?,12-,13?/m1/s1. The highest BCUT2D eigenvalue weighted by molar-refractivity contribution is 5.20. The quantitative estimate of drug-likeness (QED) is 0.790. The van der Waals surface area contributed by atoms with Crippen molar-refractivity contribution in [1.29, 1.82) is 0 Å². The largest absolute Gasteiger partial charge is 0.391 e. The van der Waals surface area contributed by atoms with E-state index in [2.05, 4.69) is 24.4 Å². The first-order valence-electron chi connectivity index (χ1n) is 5.75. The second-order valence-electron chi connectivity index (χ2n) is 4.39. The second-order valence-corrected chi connectivity index (χ2v) is 4.39. The van der Waals surface area contributed by atoms with Crippen LogP contribution in [0.15, 0.2) is 30.3 Å². The number of nitrogens with one attached hydrogen (secondary N) is 1. The predicted molar refractivity (Wildman–Crippen MR) is 61.9 cm³/mol. The third-order valence-corrected chi connectivity index (χ3v) is 3.35. The van der Waals surface area contributed by atoms with Crippen LogP contribution in [0.25, 0.3) is 0 Å². The Morgan fingerprint density at radius 1 is 1.33 bits per heavy atom. The molecule has 0 radical (unpaired) electrons. The molecule has 2 rings (SSSR count). The van der Waals surface area contributed by atoms with E-state index in [-0.39, 0.29) is 18.1 Å². The molecule has 1 heterocycles. The number of hydrogen-bond donors (Lipinski definition) is 2. The number of aliphatic hydroxyl groups is 1. The minimum absolute atomic E-state index is 0.210. The maximum atomic E-state index is 10.2. The summed E-state index contributed by atoms with van der Waals surface area (Å²) in [6.45, 7) is 3.14. The lowest BCUT2D eigenvalue weighted by Crippen LogP contribution is -2.38. The first-order valence-corrected chi connectivity index (χ1v) is 5.75. The van der Waals surface area contributed by atoms with Crippen LogP contribution in [0.4, 0.5) is 0 Å². The lowest BCUT2D eigenvalue weighted by atomic mass is 9.90. The van der Waals surface area contributed by atoms with Crippen molar-refractivity contribution >= 4 is 0 Å². The SMILES string of the molecule is CC(c1ccccc1)C(O)[C@H]1CCCN1. The fourth-order valence-corrected chi connectivity index (χ4v) is 2.31. The van der Waals surface area contributed by atoms with Gasteiger partial charge in [0.05, 0.1) is 6.10 Å². The molecular weight excluding hydrogens is 186 g/mol. The zero-order chi connectivity index (χ0) is 10.7. The molecule has 2 nitrogen and oxygen atoms in total. The molecule has 1 saturated heterocycles. The molecule has 2 heteroatoms. The molecule has 0 amide bonds. The third kappa shape index (κ3) is 2.39. The zero-order valence-electron chi connectivity index (χ0n) is 9.19. The molecular formula is C13H19NO. The van der Waals surface area contributed by atoms with Gasteiger partial charge in [0.25, 0.3) is 0 Å². The minimum atomic E-state index is -0.269. The van der Waals surface area contributed by atoms with Gasteiger partial charge in [-0.25, -0.2) is 0 Å². The fourth-order valence-electron chi connectivity index (χ4n) is 2.31. The lowest BCUT2D eigenvalue weighted by Gasteiger charge is -2.24. The molecule has 0 aromatic heterocycles. The Kier molecular flexibility index (Phi) is 3.39. The van der Waals surface area contributed by atoms with E-state index in [1.54, 1.807) is 0 Å². The van der Waals surface area contributed by atoms with Gasteiger partial charge in [-0.2, -0.15) is 0 Å². The van der Waals surface area contributed by atoms with Crippen LogP contribution in [0.5, 0.6) is 0 Å². The van der Waals surface area contributed by atoms with Crippen LogP contribution < -0.4 is 5.32 Å². The Bertz CT molecular complexity index is 293. The van der Waals surface area contributed by atoms with Gasteiger partial charge in [-0.3, -0.25) is 0 Å². The van der Waals surface area contributed by atoms with E-state index in [4.69, 9.17) is 0 Å². The molecule has 15 heavy (non-hydrogen) atoms. The molecule has 1 aliphatic heterocycles. The lowest BCUT2D eigenvalue weighted by molar-refractivity contribution is 0.112. The van der Waals surface area contributed by atoms with Gasteiger partial charge in [0.15, 0.2) is 0 Å². The van der Waals surface area contributed by atoms with Crippen molar-refractivity contribution in [3.63, 3.8) is 0 Å². The van der Waals surface area contributed by atoms with Gasteiger partial charge in [0.2, 0.25) is 0 Å². The predicted octanol–water partition coefficient (Wildman–Crippen LogP) is 1.90. The molecule has 0 saturated carbocycles. The summed E-state index contributed by atoms with van der Waals surface area (Å²) in [6.07, 6.45) is 2.01. The van der Waals surface area contributed by atoms with E-state index in [0.717, 1.165) is 13.0 Å². The molecule has 2 N–H and O–H groups in total. The Labute approximate surface area is 91.3 Å². The van der Waals surface area contributed by atoms with Crippen LogP contribution in [0.1, 0.15) is 31.2 Å². The normalized spacial score (nSPS) is 25.1. The van der Waals surface area contributed by atoms with Crippen molar-refractivity contribution in [3.8, 4) is 0 Å². The van der Waals surface area contributed by atoms with Crippen LogP contribution >= 0.6 is 0 Å². The van der Waals surface area contributed by atoms with Crippen molar-refractivity contribution in [2.24, 2.45) is 0 Å². The number of benzene rings is 1. The van der Waals surface area contributed by atoms with Gasteiger partial charge in [0.1, 0.15) is 0 Å². The average molecular weight is 205 g/mol. The summed E-state index contributed by atoms with van der Waals surface area (Å²) >= 11 is 0. The summed E-state index contributed by atoms with van der Waals surface area (Å²) in [5.41, 5.74) is 1.22. The first-order chi connectivity index (χ1) is 7.29. The van der Waals surface area contributed by atoms with E-state index in [1.165, 1.54) is 12.0 Å². The van der Waals surface area contributed by atoms with Crippen LogP contribution in [-0.4, -0.2) is 23.8 Å². The van der Waals surface area contributed by atoms with Crippen molar-refractivity contribution < 1.29 is 5.11 Å². The molecule has 2 unspecified atom stereocenters. The van der Waals surface area contributed by atoms with Crippen LogP contribution in [0.3, 0.4) is 0 Å². The summed E-state index contributed by atoms with van der Waals surface area (Å²) in [6, 6.07) is 10.5. The molecule has 0 aliphatic carbocycles. The molecule has 3 atom stereocenters. The summed E-state index contributed by atoms with van der Waals surface area (Å²) in [4.78, 5) is 0. The first kappa shape index (κ1) is 10.7. The highest BCUT2D eigenvalue weighted by atomic mass is 16.3.